The van der Waals surface area contributed by atoms with Crippen molar-refractivity contribution in [3.63, 3.8) is 0 Å². The number of hydrogen-bond acceptors (Lipinski definition) is 6. The van der Waals surface area contributed by atoms with Crippen molar-refractivity contribution in [3.8, 4) is 5.75 Å². The van der Waals surface area contributed by atoms with Crippen LogP contribution in [-0.4, -0.2) is 34.4 Å². The number of phenols is 1. The molecule has 0 saturated carbocycles. The van der Waals surface area contributed by atoms with Gasteiger partial charge in [-0.1, -0.05) is 42.5 Å². The molecule has 1 heterocycles. The van der Waals surface area contributed by atoms with Gasteiger partial charge in [0.05, 0.1) is 16.3 Å². The summed E-state index contributed by atoms with van der Waals surface area (Å²) in [5.74, 6) is -1.00. The highest BCUT2D eigenvalue weighted by Gasteiger charge is 2.35. The number of benzene rings is 3. The molecule has 0 bridgehead atoms. The molecule has 1 aliphatic rings. The van der Waals surface area contributed by atoms with Crippen LogP contribution in [0, 0.1) is 0 Å². The minimum Gasteiger partial charge on any atom is -0.506 e. The lowest BCUT2D eigenvalue weighted by Crippen LogP contribution is -2.29. The monoisotopic (exact) mass is 473 g/mol. The Morgan fingerprint density at radius 3 is 2.34 bits per heavy atom. The molecule has 1 saturated heterocycles. The van der Waals surface area contributed by atoms with E-state index in [0.29, 0.717) is 16.8 Å². The molecule has 3 aromatic carbocycles. The maximum Gasteiger partial charge on any atom is 0.326 e. The third-order valence-corrected chi connectivity index (χ3v) is 7.61. The molecule has 4 rings (SSSR count). The van der Waals surface area contributed by atoms with E-state index in [2.05, 4.69) is 4.72 Å². The number of carbonyl (C=O) groups is 1. The molecule has 1 aliphatic heterocycles. The maximum atomic E-state index is 12.7. The molecule has 0 radical (unpaired) electrons. The fraction of sp³-hybridized carbons (Fsp3) is 0.0952. The van der Waals surface area contributed by atoms with Gasteiger partial charge in [0.15, 0.2) is 0 Å². The van der Waals surface area contributed by atoms with Crippen LogP contribution in [0.15, 0.2) is 77.7 Å². The van der Waals surface area contributed by atoms with Gasteiger partial charge in [-0.3, -0.25) is 9.52 Å². The van der Waals surface area contributed by atoms with Gasteiger partial charge < -0.3 is 5.11 Å². The smallest absolute Gasteiger partial charge is 0.326 e. The van der Waals surface area contributed by atoms with Crippen LogP contribution in [0.1, 0.15) is 11.1 Å². The second-order valence-corrected chi connectivity index (χ2v) is 10.4. The number of amides is 1. The fourth-order valence-corrected chi connectivity index (χ4v) is 5.63. The van der Waals surface area contributed by atoms with E-state index in [-0.39, 0.29) is 22.8 Å². The lowest BCUT2D eigenvalue weighted by molar-refractivity contribution is -0.117. The standard InChI is InChI=1S/C21H19N3O6S2/c25-20-13-15(10-11-19(20)24-14-21(26)23-32(24,29)30)12-16-6-4-5-9-18(16)22-31(27,28)17-7-2-1-3-8-17/h1-11,13,22,25H,12,14H2,(H,23,26). The molecule has 9 nitrogen and oxygen atoms in total. The molecule has 1 amide bonds. The van der Waals surface area contributed by atoms with Crippen molar-refractivity contribution in [2.45, 2.75) is 11.3 Å². The van der Waals surface area contributed by atoms with Crippen LogP contribution >= 0.6 is 0 Å². The normalized spacial score (nSPS) is 15.4. The van der Waals surface area contributed by atoms with Gasteiger partial charge in [-0.25, -0.2) is 17.4 Å². The summed E-state index contributed by atoms with van der Waals surface area (Å²) < 4.78 is 54.6. The van der Waals surface area contributed by atoms with Gasteiger partial charge in [-0.15, -0.1) is 0 Å². The van der Waals surface area contributed by atoms with Crippen molar-refractivity contribution >= 4 is 37.5 Å². The average molecular weight is 474 g/mol. The second-order valence-electron chi connectivity index (χ2n) is 7.11. The van der Waals surface area contributed by atoms with Gasteiger partial charge in [-0.05, 0) is 47.9 Å². The number of nitrogens with zero attached hydrogens (tertiary/aromatic N) is 1. The van der Waals surface area contributed by atoms with E-state index in [0.717, 1.165) is 4.31 Å². The Labute approximate surface area is 185 Å². The Bertz CT molecular complexity index is 1390. The van der Waals surface area contributed by atoms with Crippen molar-refractivity contribution in [2.24, 2.45) is 0 Å². The molecule has 32 heavy (non-hydrogen) atoms. The van der Waals surface area contributed by atoms with E-state index in [1.807, 2.05) is 4.72 Å². The topological polar surface area (TPSA) is 133 Å². The number of anilines is 2. The number of phenolic OH excluding ortho intramolecular Hbond substituents is 1. The molecule has 0 unspecified atom stereocenters. The Morgan fingerprint density at radius 1 is 1.00 bits per heavy atom. The second kappa shape index (κ2) is 8.17. The predicted octanol–water partition coefficient (Wildman–Crippen LogP) is 1.96. The van der Waals surface area contributed by atoms with Gasteiger partial charge in [0.2, 0.25) is 0 Å². The summed E-state index contributed by atoms with van der Waals surface area (Å²) in [6, 6.07) is 19.2. The van der Waals surface area contributed by atoms with E-state index in [4.69, 9.17) is 0 Å². The van der Waals surface area contributed by atoms with Crippen molar-refractivity contribution in [1.82, 2.24) is 4.72 Å². The fourth-order valence-electron chi connectivity index (χ4n) is 3.35. The van der Waals surface area contributed by atoms with Gasteiger partial charge in [0.25, 0.3) is 15.9 Å². The van der Waals surface area contributed by atoms with Gasteiger partial charge in [0.1, 0.15) is 12.3 Å². The maximum absolute atomic E-state index is 12.7. The quantitative estimate of drug-likeness (QED) is 0.501. The largest absolute Gasteiger partial charge is 0.506 e. The lowest BCUT2D eigenvalue weighted by atomic mass is 10.0. The zero-order valence-electron chi connectivity index (χ0n) is 16.6. The predicted molar refractivity (Wildman–Crippen MR) is 119 cm³/mol. The summed E-state index contributed by atoms with van der Waals surface area (Å²) in [7, 11) is -7.82. The number of sulfonamides is 1. The van der Waals surface area contributed by atoms with Crippen molar-refractivity contribution in [1.29, 1.82) is 0 Å². The Balaban J connectivity index is 1.60. The zero-order valence-corrected chi connectivity index (χ0v) is 18.2. The van der Waals surface area contributed by atoms with Crippen LogP contribution in [0.2, 0.25) is 0 Å². The molecule has 3 N–H and O–H groups in total. The number of carbonyl (C=O) groups excluding carboxylic acids is 1. The van der Waals surface area contributed by atoms with E-state index < -0.39 is 32.7 Å². The number of para-hydroxylation sites is 1. The molecular weight excluding hydrogens is 454 g/mol. The Hall–Kier alpha value is -3.57. The van der Waals surface area contributed by atoms with Crippen molar-refractivity contribution in [2.75, 3.05) is 15.6 Å². The highest BCUT2D eigenvalue weighted by atomic mass is 32.2. The molecule has 11 heteroatoms. The van der Waals surface area contributed by atoms with Crippen LogP contribution < -0.4 is 13.7 Å². The van der Waals surface area contributed by atoms with Gasteiger partial charge in [-0.2, -0.15) is 8.42 Å². The van der Waals surface area contributed by atoms with E-state index >= 15 is 0 Å². The molecule has 166 valence electrons. The highest BCUT2D eigenvalue weighted by Crippen LogP contribution is 2.32. The van der Waals surface area contributed by atoms with Crippen LogP contribution in [0.4, 0.5) is 11.4 Å². The summed E-state index contributed by atoms with van der Waals surface area (Å²) in [6.07, 6.45) is 0.269. The molecular formula is C21H19N3O6S2. The third kappa shape index (κ3) is 4.39. The first-order valence-corrected chi connectivity index (χ1v) is 12.4. The molecule has 1 fully saturated rings. The summed E-state index contributed by atoms with van der Waals surface area (Å²) >= 11 is 0. The number of aromatic hydroxyl groups is 1. The first kappa shape index (κ1) is 21.7. The minimum atomic E-state index is -4.04. The molecule has 0 aromatic heterocycles. The average Bonchev–Trinajstić information content (AvgIpc) is 3.02. The van der Waals surface area contributed by atoms with Crippen molar-refractivity contribution in [3.05, 3.63) is 83.9 Å². The van der Waals surface area contributed by atoms with Gasteiger partial charge >= 0.3 is 10.2 Å². The SMILES string of the molecule is O=C1CN(c2ccc(Cc3ccccc3NS(=O)(=O)c3ccccc3)cc2O)S(=O)(=O)N1. The zero-order chi connectivity index (χ0) is 22.9. The van der Waals surface area contributed by atoms with Crippen LogP contribution in [-0.2, 0) is 31.4 Å². The van der Waals surface area contributed by atoms with E-state index in [1.54, 1.807) is 48.5 Å². The molecule has 3 aromatic rings. The Morgan fingerprint density at radius 2 is 1.69 bits per heavy atom. The van der Waals surface area contributed by atoms with Crippen LogP contribution in [0.5, 0.6) is 5.75 Å². The molecule has 0 atom stereocenters. The lowest BCUT2D eigenvalue weighted by Gasteiger charge is -2.17. The summed E-state index contributed by atoms with van der Waals surface area (Å²) in [4.78, 5) is 11.6. The third-order valence-electron chi connectivity index (χ3n) is 4.84. The summed E-state index contributed by atoms with van der Waals surface area (Å²) in [5.41, 5.74) is 1.64. The first-order valence-electron chi connectivity index (χ1n) is 9.47. The summed E-state index contributed by atoms with van der Waals surface area (Å²) in [6.45, 7) is -0.417. The minimum absolute atomic E-state index is 0.0230. The summed E-state index contributed by atoms with van der Waals surface area (Å²) in [5, 5.41) is 10.4. The van der Waals surface area contributed by atoms with Crippen molar-refractivity contribution < 1.29 is 26.7 Å². The van der Waals surface area contributed by atoms with Crippen LogP contribution in [0.3, 0.4) is 0 Å². The van der Waals surface area contributed by atoms with Crippen LogP contribution in [0.25, 0.3) is 0 Å². The number of nitrogens with one attached hydrogen (secondary N) is 2. The molecule has 0 spiro atoms. The molecule has 0 aliphatic carbocycles. The number of hydrogen-bond donors (Lipinski definition) is 3. The van der Waals surface area contributed by atoms with E-state index in [9.17, 15) is 26.7 Å². The van der Waals surface area contributed by atoms with Gasteiger partial charge in [0, 0.05) is 0 Å². The van der Waals surface area contributed by atoms with E-state index in [1.165, 1.54) is 24.3 Å². The first-order chi connectivity index (χ1) is 15.2. The highest BCUT2D eigenvalue weighted by molar-refractivity contribution is 7.92. The Kier molecular flexibility index (Phi) is 5.53. The number of rotatable bonds is 6.